The topological polar surface area (TPSA) is 51.8 Å². The second-order valence-electron chi connectivity index (χ2n) is 4.56. The van der Waals surface area contributed by atoms with Gasteiger partial charge in [-0.2, -0.15) is 0 Å². The molecule has 0 saturated heterocycles. The smallest absolute Gasteiger partial charge is 0.135 e. The number of nitrogens with zero attached hydrogens (tertiary/aromatic N) is 2. The largest absolute Gasteiger partial charge is 0.384 e. The second-order valence-corrected chi connectivity index (χ2v) is 4.96. The van der Waals surface area contributed by atoms with Crippen molar-refractivity contribution >= 4 is 17.4 Å². The Balaban J connectivity index is 2.32. The second kappa shape index (κ2) is 5.36. The quantitative estimate of drug-likeness (QED) is 0.921. The van der Waals surface area contributed by atoms with Crippen LogP contribution in [-0.2, 0) is 6.42 Å². The summed E-state index contributed by atoms with van der Waals surface area (Å²) in [4.78, 5) is 8.78. The van der Waals surface area contributed by atoms with E-state index in [2.05, 4.69) is 23.8 Å². The maximum absolute atomic E-state index is 6.13. The molecule has 0 aliphatic carbocycles. The van der Waals surface area contributed by atoms with E-state index in [1.807, 2.05) is 30.3 Å². The maximum Gasteiger partial charge on any atom is 0.135 e. The SMILES string of the molecule is CC(C)c1cc(N)nc(Cc2ccccc2Cl)n1. The van der Waals surface area contributed by atoms with Crippen LogP contribution in [0.3, 0.4) is 0 Å². The number of benzene rings is 1. The first kappa shape index (κ1) is 12.8. The molecule has 2 aromatic rings. The predicted octanol–water partition coefficient (Wildman–Crippen LogP) is 3.43. The van der Waals surface area contributed by atoms with Gasteiger partial charge in [0.2, 0.25) is 0 Å². The first-order chi connectivity index (χ1) is 8.56. The van der Waals surface area contributed by atoms with E-state index in [-0.39, 0.29) is 0 Å². The average Bonchev–Trinajstić information content (AvgIpc) is 2.31. The Kier molecular flexibility index (Phi) is 3.82. The van der Waals surface area contributed by atoms with Crippen LogP contribution in [0.5, 0.6) is 0 Å². The van der Waals surface area contributed by atoms with Crippen molar-refractivity contribution in [1.29, 1.82) is 0 Å². The molecular formula is C14H16ClN3. The van der Waals surface area contributed by atoms with Crippen LogP contribution in [0.2, 0.25) is 5.02 Å². The van der Waals surface area contributed by atoms with E-state index in [0.717, 1.165) is 16.3 Å². The molecule has 0 saturated carbocycles. The van der Waals surface area contributed by atoms with Crippen LogP contribution in [0, 0.1) is 0 Å². The molecule has 0 amide bonds. The Morgan fingerprint density at radius 3 is 2.61 bits per heavy atom. The molecule has 0 aliphatic rings. The number of anilines is 1. The molecule has 2 N–H and O–H groups in total. The molecule has 0 radical (unpaired) electrons. The van der Waals surface area contributed by atoms with Crippen molar-refractivity contribution < 1.29 is 0 Å². The van der Waals surface area contributed by atoms with E-state index < -0.39 is 0 Å². The number of hydrogen-bond acceptors (Lipinski definition) is 3. The van der Waals surface area contributed by atoms with Crippen molar-refractivity contribution in [1.82, 2.24) is 9.97 Å². The van der Waals surface area contributed by atoms with Crippen LogP contribution in [0.25, 0.3) is 0 Å². The molecule has 0 spiro atoms. The molecular weight excluding hydrogens is 246 g/mol. The number of nitrogen functional groups attached to an aromatic ring is 1. The summed E-state index contributed by atoms with van der Waals surface area (Å²) < 4.78 is 0. The lowest BCUT2D eigenvalue weighted by Crippen LogP contribution is -2.05. The number of rotatable bonds is 3. The molecule has 1 aromatic carbocycles. The van der Waals surface area contributed by atoms with Gasteiger partial charge in [0.15, 0.2) is 0 Å². The summed E-state index contributed by atoms with van der Waals surface area (Å²) in [6, 6.07) is 9.53. The highest BCUT2D eigenvalue weighted by Crippen LogP contribution is 2.19. The van der Waals surface area contributed by atoms with Crippen molar-refractivity contribution in [3.63, 3.8) is 0 Å². The Hall–Kier alpha value is -1.61. The third-order valence-corrected chi connectivity index (χ3v) is 3.08. The molecule has 94 valence electrons. The fraction of sp³-hybridized carbons (Fsp3) is 0.286. The summed E-state index contributed by atoms with van der Waals surface area (Å²) in [6.07, 6.45) is 0.602. The fourth-order valence-corrected chi connectivity index (χ4v) is 1.93. The lowest BCUT2D eigenvalue weighted by atomic mass is 10.1. The van der Waals surface area contributed by atoms with Gasteiger partial charge in [-0.15, -0.1) is 0 Å². The Morgan fingerprint density at radius 1 is 1.22 bits per heavy atom. The van der Waals surface area contributed by atoms with Crippen LogP contribution in [0.4, 0.5) is 5.82 Å². The van der Waals surface area contributed by atoms with Gasteiger partial charge in [0, 0.05) is 23.2 Å². The summed E-state index contributed by atoms with van der Waals surface area (Å²) in [7, 11) is 0. The number of aromatic nitrogens is 2. The number of halogens is 1. The average molecular weight is 262 g/mol. The van der Waals surface area contributed by atoms with Crippen LogP contribution >= 0.6 is 11.6 Å². The van der Waals surface area contributed by atoms with Crippen molar-refractivity contribution in [2.75, 3.05) is 5.73 Å². The minimum absolute atomic E-state index is 0.334. The van der Waals surface area contributed by atoms with Gasteiger partial charge >= 0.3 is 0 Å². The summed E-state index contributed by atoms with van der Waals surface area (Å²) in [6.45, 7) is 4.17. The number of hydrogen-bond donors (Lipinski definition) is 1. The summed E-state index contributed by atoms with van der Waals surface area (Å²) >= 11 is 6.13. The van der Waals surface area contributed by atoms with Crippen molar-refractivity contribution in [2.24, 2.45) is 0 Å². The molecule has 18 heavy (non-hydrogen) atoms. The van der Waals surface area contributed by atoms with Gasteiger partial charge in [-0.25, -0.2) is 9.97 Å². The summed E-state index contributed by atoms with van der Waals surface area (Å²) in [5, 5.41) is 0.731. The standard InChI is InChI=1S/C14H16ClN3/c1-9(2)12-8-13(16)18-14(17-12)7-10-5-3-4-6-11(10)15/h3-6,8-9H,7H2,1-2H3,(H2,16,17,18). The van der Waals surface area contributed by atoms with Crippen molar-refractivity contribution in [2.45, 2.75) is 26.2 Å². The van der Waals surface area contributed by atoms with Crippen molar-refractivity contribution in [3.8, 4) is 0 Å². The molecule has 0 atom stereocenters. The van der Waals surface area contributed by atoms with Gasteiger partial charge < -0.3 is 5.73 Å². The van der Waals surface area contributed by atoms with E-state index in [0.29, 0.717) is 24.0 Å². The molecule has 0 bridgehead atoms. The Morgan fingerprint density at radius 2 is 1.94 bits per heavy atom. The molecule has 0 fully saturated rings. The van der Waals surface area contributed by atoms with Gasteiger partial charge in [-0.3, -0.25) is 0 Å². The van der Waals surface area contributed by atoms with Crippen molar-refractivity contribution in [3.05, 3.63) is 52.4 Å². The van der Waals surface area contributed by atoms with Gasteiger partial charge in [-0.05, 0) is 17.5 Å². The van der Waals surface area contributed by atoms with E-state index in [1.54, 1.807) is 0 Å². The first-order valence-corrected chi connectivity index (χ1v) is 6.31. The normalized spacial score (nSPS) is 10.9. The molecule has 4 heteroatoms. The highest BCUT2D eigenvalue weighted by Gasteiger charge is 2.08. The van der Waals surface area contributed by atoms with Crippen LogP contribution in [0.1, 0.15) is 36.8 Å². The van der Waals surface area contributed by atoms with Gasteiger partial charge in [0.25, 0.3) is 0 Å². The highest BCUT2D eigenvalue weighted by atomic mass is 35.5. The van der Waals surface area contributed by atoms with Gasteiger partial charge in [-0.1, -0.05) is 43.6 Å². The third kappa shape index (κ3) is 2.99. The fourth-order valence-electron chi connectivity index (χ4n) is 1.73. The number of nitrogens with two attached hydrogens (primary N) is 1. The molecule has 0 aliphatic heterocycles. The first-order valence-electron chi connectivity index (χ1n) is 5.93. The molecule has 2 rings (SSSR count). The molecule has 1 heterocycles. The zero-order valence-electron chi connectivity index (χ0n) is 10.5. The maximum atomic E-state index is 6.13. The van der Waals surface area contributed by atoms with Gasteiger partial charge in [0.1, 0.15) is 11.6 Å². The Bertz CT molecular complexity index is 552. The zero-order chi connectivity index (χ0) is 13.1. The predicted molar refractivity (Wildman–Crippen MR) is 74.8 cm³/mol. The highest BCUT2D eigenvalue weighted by molar-refractivity contribution is 6.31. The lowest BCUT2D eigenvalue weighted by molar-refractivity contribution is 0.794. The van der Waals surface area contributed by atoms with E-state index in [4.69, 9.17) is 17.3 Å². The van der Waals surface area contributed by atoms with E-state index >= 15 is 0 Å². The minimum atomic E-state index is 0.334. The molecule has 3 nitrogen and oxygen atoms in total. The molecule has 1 aromatic heterocycles. The van der Waals surface area contributed by atoms with Crippen LogP contribution < -0.4 is 5.73 Å². The van der Waals surface area contributed by atoms with E-state index in [1.165, 1.54) is 0 Å². The molecule has 0 unspecified atom stereocenters. The van der Waals surface area contributed by atoms with Crippen LogP contribution in [0.15, 0.2) is 30.3 Å². The minimum Gasteiger partial charge on any atom is -0.384 e. The lowest BCUT2D eigenvalue weighted by Gasteiger charge is -2.09. The summed E-state index contributed by atoms with van der Waals surface area (Å²) in [5.74, 6) is 1.56. The summed E-state index contributed by atoms with van der Waals surface area (Å²) in [5.41, 5.74) is 7.78. The Labute approximate surface area is 112 Å². The van der Waals surface area contributed by atoms with Gasteiger partial charge in [0.05, 0.1) is 0 Å². The third-order valence-electron chi connectivity index (χ3n) is 2.71. The van der Waals surface area contributed by atoms with Crippen LogP contribution in [-0.4, -0.2) is 9.97 Å². The monoisotopic (exact) mass is 261 g/mol. The van der Waals surface area contributed by atoms with E-state index in [9.17, 15) is 0 Å². The zero-order valence-corrected chi connectivity index (χ0v) is 11.3.